The Kier molecular flexibility index (Phi) is 3.19. The highest BCUT2D eigenvalue weighted by molar-refractivity contribution is 6.04. The predicted octanol–water partition coefficient (Wildman–Crippen LogP) is 1.13. The Morgan fingerprint density at radius 1 is 1.19 bits per heavy atom. The van der Waals surface area contributed by atoms with Crippen molar-refractivity contribution in [1.29, 1.82) is 0 Å². The zero-order valence-electron chi connectivity index (χ0n) is 10.8. The molecule has 2 heterocycles. The van der Waals surface area contributed by atoms with Crippen molar-refractivity contribution < 1.29 is 24.2 Å². The number of hydrogen-bond acceptors (Lipinski definition) is 5. The van der Waals surface area contributed by atoms with E-state index in [1.54, 1.807) is 18.2 Å². The maximum absolute atomic E-state index is 12.1. The van der Waals surface area contributed by atoms with E-state index in [-0.39, 0.29) is 11.5 Å². The molecule has 0 aliphatic carbocycles. The van der Waals surface area contributed by atoms with Crippen molar-refractivity contribution in [2.24, 2.45) is 0 Å². The number of aromatic carboxylic acids is 1. The molecule has 1 aromatic heterocycles. The number of nitrogens with zero attached hydrogens (tertiary/aromatic N) is 1. The van der Waals surface area contributed by atoms with E-state index in [0.717, 1.165) is 0 Å². The second-order valence-corrected chi connectivity index (χ2v) is 4.28. The summed E-state index contributed by atoms with van der Waals surface area (Å²) in [5.41, 5.74) is 0.256. The molecule has 8 heteroatoms. The molecule has 1 aliphatic rings. The maximum Gasteiger partial charge on any atom is 0.353 e. The van der Waals surface area contributed by atoms with Crippen molar-refractivity contribution in [3.8, 4) is 11.5 Å². The lowest BCUT2D eigenvalue weighted by molar-refractivity contribution is 0.0690. The Balaban J connectivity index is 1.77. The van der Waals surface area contributed by atoms with Crippen LogP contribution in [0.15, 0.2) is 24.3 Å². The normalized spacial score (nSPS) is 12.8. The van der Waals surface area contributed by atoms with Crippen LogP contribution in [0, 0.1) is 0 Å². The predicted molar refractivity (Wildman–Crippen MR) is 70.9 cm³/mol. The Labute approximate surface area is 118 Å². The number of carbonyl (C=O) groups is 2. The molecule has 0 radical (unpaired) electrons. The van der Waals surface area contributed by atoms with Gasteiger partial charge in [-0.2, -0.15) is 5.10 Å². The lowest BCUT2D eigenvalue weighted by atomic mass is 10.2. The second kappa shape index (κ2) is 5.16. The van der Waals surface area contributed by atoms with E-state index in [0.29, 0.717) is 30.3 Å². The number of carboxylic acid groups (broad SMARTS) is 1. The van der Waals surface area contributed by atoms with E-state index < -0.39 is 11.9 Å². The Morgan fingerprint density at radius 3 is 2.67 bits per heavy atom. The Morgan fingerprint density at radius 2 is 1.95 bits per heavy atom. The monoisotopic (exact) mass is 289 g/mol. The molecule has 21 heavy (non-hydrogen) atoms. The minimum absolute atomic E-state index is 0.104. The first-order valence-electron chi connectivity index (χ1n) is 6.13. The minimum atomic E-state index is -1.15. The molecular weight excluding hydrogens is 278 g/mol. The van der Waals surface area contributed by atoms with Crippen LogP contribution in [0.5, 0.6) is 11.5 Å². The molecule has 8 nitrogen and oxygen atoms in total. The van der Waals surface area contributed by atoms with Gasteiger partial charge in [0, 0.05) is 11.6 Å². The fourth-order valence-electron chi connectivity index (χ4n) is 1.87. The third kappa shape index (κ3) is 2.64. The van der Waals surface area contributed by atoms with Gasteiger partial charge in [-0.05, 0) is 18.2 Å². The number of hydrogen-bond donors (Lipinski definition) is 3. The van der Waals surface area contributed by atoms with Crippen LogP contribution in [0.4, 0.5) is 5.82 Å². The molecule has 3 rings (SSSR count). The SMILES string of the molecule is O=C(Nc1cc(C(=O)O)[nH]n1)c1ccc2c(c1)OCCO2. The number of aromatic amines is 1. The number of aromatic nitrogens is 2. The molecule has 108 valence electrons. The van der Waals surface area contributed by atoms with Crippen LogP contribution in [0.1, 0.15) is 20.8 Å². The average Bonchev–Trinajstić information content (AvgIpc) is 2.95. The summed E-state index contributed by atoms with van der Waals surface area (Å²) < 4.78 is 10.8. The number of anilines is 1. The molecule has 3 N–H and O–H groups in total. The summed E-state index contributed by atoms with van der Waals surface area (Å²) in [5.74, 6) is -0.349. The first-order valence-corrected chi connectivity index (χ1v) is 6.13. The highest BCUT2D eigenvalue weighted by atomic mass is 16.6. The number of nitrogens with one attached hydrogen (secondary N) is 2. The van der Waals surface area contributed by atoms with Gasteiger partial charge in [-0.25, -0.2) is 4.79 Å². The fraction of sp³-hybridized carbons (Fsp3) is 0.154. The summed E-state index contributed by atoms with van der Waals surface area (Å²) in [5, 5.41) is 17.3. The van der Waals surface area contributed by atoms with Crippen molar-refractivity contribution >= 4 is 17.7 Å². The molecule has 0 fully saturated rings. The third-order valence-electron chi connectivity index (χ3n) is 2.85. The molecule has 0 atom stereocenters. The topological polar surface area (TPSA) is 114 Å². The van der Waals surface area contributed by atoms with E-state index >= 15 is 0 Å². The van der Waals surface area contributed by atoms with E-state index in [4.69, 9.17) is 14.6 Å². The van der Waals surface area contributed by atoms with Crippen LogP contribution in [-0.4, -0.2) is 40.4 Å². The number of H-pyrrole nitrogens is 1. The van der Waals surface area contributed by atoms with Gasteiger partial charge in [0.05, 0.1) is 0 Å². The van der Waals surface area contributed by atoms with Crippen molar-refractivity contribution in [3.63, 3.8) is 0 Å². The highest BCUT2D eigenvalue weighted by Gasteiger charge is 2.16. The van der Waals surface area contributed by atoms with Crippen LogP contribution in [0.2, 0.25) is 0 Å². The molecule has 1 aromatic carbocycles. The molecule has 1 amide bonds. The Hall–Kier alpha value is -3.03. The molecule has 0 saturated carbocycles. The van der Waals surface area contributed by atoms with Crippen LogP contribution in [-0.2, 0) is 0 Å². The average molecular weight is 289 g/mol. The van der Waals surface area contributed by atoms with E-state index in [1.807, 2.05) is 0 Å². The van der Waals surface area contributed by atoms with Gasteiger partial charge in [0.1, 0.15) is 18.9 Å². The number of carboxylic acids is 1. The van der Waals surface area contributed by atoms with E-state index in [9.17, 15) is 9.59 Å². The smallest absolute Gasteiger partial charge is 0.353 e. The minimum Gasteiger partial charge on any atom is -0.486 e. The third-order valence-corrected chi connectivity index (χ3v) is 2.85. The standard InChI is InChI=1S/C13H11N3O5/c17-12(14-11-6-8(13(18)19)15-16-11)7-1-2-9-10(5-7)21-4-3-20-9/h1-2,5-6H,3-4H2,(H,18,19)(H2,14,15,16,17). The zero-order chi connectivity index (χ0) is 14.8. The van der Waals surface area contributed by atoms with Crippen molar-refractivity contribution in [1.82, 2.24) is 10.2 Å². The van der Waals surface area contributed by atoms with Gasteiger partial charge in [-0.15, -0.1) is 0 Å². The number of ether oxygens (including phenoxy) is 2. The van der Waals surface area contributed by atoms with Gasteiger partial charge in [0.2, 0.25) is 0 Å². The van der Waals surface area contributed by atoms with Gasteiger partial charge < -0.3 is 19.9 Å². The summed E-state index contributed by atoms with van der Waals surface area (Å²) >= 11 is 0. The molecular formula is C13H11N3O5. The number of carbonyl (C=O) groups excluding carboxylic acids is 1. The van der Waals surface area contributed by atoms with Crippen LogP contribution in [0.25, 0.3) is 0 Å². The molecule has 0 saturated heterocycles. The molecule has 0 bridgehead atoms. The van der Waals surface area contributed by atoms with Gasteiger partial charge in [0.25, 0.3) is 5.91 Å². The summed E-state index contributed by atoms with van der Waals surface area (Å²) in [4.78, 5) is 22.8. The van der Waals surface area contributed by atoms with Crippen LogP contribution < -0.4 is 14.8 Å². The summed E-state index contributed by atoms with van der Waals surface area (Å²) in [6, 6.07) is 6.04. The molecule has 0 unspecified atom stereocenters. The van der Waals surface area contributed by atoms with Crippen molar-refractivity contribution in [2.75, 3.05) is 18.5 Å². The first-order chi connectivity index (χ1) is 10.1. The quantitative estimate of drug-likeness (QED) is 0.780. The van der Waals surface area contributed by atoms with Gasteiger partial charge >= 0.3 is 5.97 Å². The summed E-state index contributed by atoms with van der Waals surface area (Å²) in [7, 11) is 0. The van der Waals surface area contributed by atoms with Crippen molar-refractivity contribution in [3.05, 3.63) is 35.5 Å². The Bertz CT molecular complexity index is 710. The van der Waals surface area contributed by atoms with Crippen LogP contribution >= 0.6 is 0 Å². The molecule has 1 aliphatic heterocycles. The van der Waals surface area contributed by atoms with E-state index in [2.05, 4.69) is 15.5 Å². The lowest BCUT2D eigenvalue weighted by Crippen LogP contribution is -2.17. The number of fused-ring (bicyclic) bond motifs is 1. The molecule has 2 aromatic rings. The largest absolute Gasteiger partial charge is 0.486 e. The van der Waals surface area contributed by atoms with Crippen molar-refractivity contribution in [2.45, 2.75) is 0 Å². The fourth-order valence-corrected chi connectivity index (χ4v) is 1.87. The zero-order valence-corrected chi connectivity index (χ0v) is 10.8. The highest BCUT2D eigenvalue weighted by Crippen LogP contribution is 2.30. The first kappa shape index (κ1) is 13.0. The van der Waals surface area contributed by atoms with Gasteiger partial charge in [-0.1, -0.05) is 0 Å². The number of rotatable bonds is 3. The maximum atomic E-state index is 12.1. The van der Waals surface area contributed by atoms with Crippen LogP contribution in [0.3, 0.4) is 0 Å². The van der Waals surface area contributed by atoms with Gasteiger partial charge in [0.15, 0.2) is 17.3 Å². The summed E-state index contributed by atoms with van der Waals surface area (Å²) in [6.45, 7) is 0.906. The second-order valence-electron chi connectivity index (χ2n) is 4.28. The number of amides is 1. The number of benzene rings is 1. The molecule has 0 spiro atoms. The lowest BCUT2D eigenvalue weighted by Gasteiger charge is -2.18. The summed E-state index contributed by atoms with van der Waals surface area (Å²) in [6.07, 6.45) is 0. The van der Waals surface area contributed by atoms with Gasteiger partial charge in [-0.3, -0.25) is 9.89 Å². The van der Waals surface area contributed by atoms with E-state index in [1.165, 1.54) is 6.07 Å².